The number of benzene rings is 1. The van der Waals surface area contributed by atoms with Crippen LogP contribution in [-0.4, -0.2) is 4.98 Å². The van der Waals surface area contributed by atoms with E-state index in [1.807, 2.05) is 44.3 Å². The number of aromatic nitrogens is 1. The molecule has 2 N–H and O–H groups in total. The van der Waals surface area contributed by atoms with Crippen molar-refractivity contribution in [1.29, 1.82) is 0 Å². The van der Waals surface area contributed by atoms with Crippen LogP contribution in [0.4, 0.5) is 5.69 Å². The Morgan fingerprint density at radius 2 is 2.00 bits per heavy atom. The highest BCUT2D eigenvalue weighted by atomic mass is 14.7. The topological polar surface area (TPSA) is 38.9 Å². The summed E-state index contributed by atoms with van der Waals surface area (Å²) in [5.74, 6) is 0. The first-order chi connectivity index (χ1) is 8.08. The van der Waals surface area contributed by atoms with Gasteiger partial charge in [0.15, 0.2) is 0 Å². The number of nitrogens with two attached hydrogens (primary N) is 1. The van der Waals surface area contributed by atoms with Gasteiger partial charge in [-0.2, -0.15) is 0 Å². The summed E-state index contributed by atoms with van der Waals surface area (Å²) in [5.41, 5.74) is 11.8. The number of allylic oxidation sites excluding steroid dienone is 1. The summed E-state index contributed by atoms with van der Waals surface area (Å²) in [6.07, 6.45) is 1.87. The third kappa shape index (κ3) is 2.36. The lowest BCUT2D eigenvalue weighted by Crippen LogP contribution is -1.92. The molecule has 0 spiro atoms. The fourth-order valence-electron chi connectivity index (χ4n) is 1.90. The molecule has 0 aliphatic carbocycles. The van der Waals surface area contributed by atoms with Gasteiger partial charge >= 0.3 is 0 Å². The van der Waals surface area contributed by atoms with Crippen molar-refractivity contribution in [2.24, 2.45) is 0 Å². The molecule has 0 radical (unpaired) electrons. The Hall–Kier alpha value is -2.09. The SMILES string of the molecule is C=C(C)c1ncc(-c2cccc(N)c2)cc1C. The molecule has 86 valence electrons. The van der Waals surface area contributed by atoms with Crippen LogP contribution >= 0.6 is 0 Å². The number of anilines is 1. The first-order valence-corrected chi connectivity index (χ1v) is 5.56. The number of aryl methyl sites for hydroxylation is 1. The summed E-state index contributed by atoms with van der Waals surface area (Å²) in [5, 5.41) is 0. The van der Waals surface area contributed by atoms with E-state index in [0.717, 1.165) is 33.6 Å². The van der Waals surface area contributed by atoms with E-state index in [2.05, 4.69) is 17.6 Å². The van der Waals surface area contributed by atoms with Gasteiger partial charge in [-0.3, -0.25) is 4.98 Å². The largest absolute Gasteiger partial charge is 0.399 e. The van der Waals surface area contributed by atoms with Crippen LogP contribution in [0.2, 0.25) is 0 Å². The van der Waals surface area contributed by atoms with Crippen molar-refractivity contribution >= 4 is 11.3 Å². The normalized spacial score (nSPS) is 10.2. The molecule has 0 atom stereocenters. The van der Waals surface area contributed by atoms with Gasteiger partial charge < -0.3 is 5.73 Å². The van der Waals surface area contributed by atoms with Crippen molar-refractivity contribution < 1.29 is 0 Å². The van der Waals surface area contributed by atoms with Gasteiger partial charge in [0.2, 0.25) is 0 Å². The minimum Gasteiger partial charge on any atom is -0.399 e. The van der Waals surface area contributed by atoms with E-state index in [1.165, 1.54) is 0 Å². The molecule has 2 rings (SSSR count). The fraction of sp³-hybridized carbons (Fsp3) is 0.133. The van der Waals surface area contributed by atoms with E-state index >= 15 is 0 Å². The average molecular weight is 224 g/mol. The Bertz CT molecular complexity index is 571. The highest BCUT2D eigenvalue weighted by Gasteiger charge is 2.04. The first-order valence-electron chi connectivity index (χ1n) is 5.56. The van der Waals surface area contributed by atoms with E-state index in [4.69, 9.17) is 5.73 Å². The molecule has 1 aromatic heterocycles. The minimum absolute atomic E-state index is 0.768. The molecule has 1 aromatic carbocycles. The van der Waals surface area contributed by atoms with E-state index in [9.17, 15) is 0 Å². The summed E-state index contributed by atoms with van der Waals surface area (Å²) in [6.45, 7) is 7.94. The summed E-state index contributed by atoms with van der Waals surface area (Å²) in [6, 6.07) is 9.94. The Kier molecular flexibility index (Phi) is 2.96. The zero-order chi connectivity index (χ0) is 12.4. The van der Waals surface area contributed by atoms with Gasteiger partial charge in [0.25, 0.3) is 0 Å². The Labute approximate surface area is 102 Å². The minimum atomic E-state index is 0.768. The molecule has 0 unspecified atom stereocenters. The molecular formula is C15H16N2. The first kappa shape index (κ1) is 11.4. The predicted molar refractivity (Wildman–Crippen MR) is 73.5 cm³/mol. The van der Waals surface area contributed by atoms with Crippen LogP contribution in [-0.2, 0) is 0 Å². The number of hydrogen-bond donors (Lipinski definition) is 1. The van der Waals surface area contributed by atoms with E-state index in [-0.39, 0.29) is 0 Å². The molecule has 0 saturated heterocycles. The van der Waals surface area contributed by atoms with Gasteiger partial charge in [-0.1, -0.05) is 18.7 Å². The zero-order valence-electron chi connectivity index (χ0n) is 10.2. The second-order valence-electron chi connectivity index (χ2n) is 4.30. The molecule has 2 aromatic rings. The predicted octanol–water partition coefficient (Wildman–Crippen LogP) is 3.67. The highest BCUT2D eigenvalue weighted by Crippen LogP contribution is 2.24. The second-order valence-corrected chi connectivity index (χ2v) is 4.30. The molecule has 17 heavy (non-hydrogen) atoms. The van der Waals surface area contributed by atoms with Gasteiger partial charge in [-0.25, -0.2) is 0 Å². The lowest BCUT2D eigenvalue weighted by Gasteiger charge is -2.08. The number of hydrogen-bond acceptors (Lipinski definition) is 2. The van der Waals surface area contributed by atoms with Crippen molar-refractivity contribution in [1.82, 2.24) is 4.98 Å². The Morgan fingerprint density at radius 3 is 2.59 bits per heavy atom. The summed E-state index contributed by atoms with van der Waals surface area (Å²) >= 11 is 0. The third-order valence-corrected chi connectivity index (χ3v) is 2.70. The van der Waals surface area contributed by atoms with Crippen molar-refractivity contribution in [3.05, 3.63) is 54.4 Å². The van der Waals surface area contributed by atoms with Gasteiger partial charge in [0, 0.05) is 17.4 Å². The zero-order valence-corrected chi connectivity index (χ0v) is 10.2. The Morgan fingerprint density at radius 1 is 1.24 bits per heavy atom. The number of nitrogen functional groups attached to an aromatic ring is 1. The molecule has 2 nitrogen and oxygen atoms in total. The number of rotatable bonds is 2. The Balaban J connectivity index is 2.48. The molecular weight excluding hydrogens is 208 g/mol. The molecule has 0 amide bonds. The van der Waals surface area contributed by atoms with Crippen molar-refractivity contribution in [3.63, 3.8) is 0 Å². The molecule has 0 saturated carbocycles. The molecule has 2 heteroatoms. The summed E-state index contributed by atoms with van der Waals surface area (Å²) < 4.78 is 0. The summed E-state index contributed by atoms with van der Waals surface area (Å²) in [7, 11) is 0. The van der Waals surface area contributed by atoms with Gasteiger partial charge in [0.05, 0.1) is 5.69 Å². The lowest BCUT2D eigenvalue weighted by molar-refractivity contribution is 1.22. The molecule has 1 heterocycles. The quantitative estimate of drug-likeness (QED) is 0.790. The van der Waals surface area contributed by atoms with Crippen LogP contribution in [0, 0.1) is 6.92 Å². The number of pyridine rings is 1. The van der Waals surface area contributed by atoms with Crippen molar-refractivity contribution in [2.75, 3.05) is 5.73 Å². The highest BCUT2D eigenvalue weighted by molar-refractivity contribution is 5.70. The average Bonchev–Trinajstić information content (AvgIpc) is 2.28. The van der Waals surface area contributed by atoms with Crippen LogP contribution < -0.4 is 5.73 Å². The number of nitrogens with zero attached hydrogens (tertiary/aromatic N) is 1. The van der Waals surface area contributed by atoms with Crippen LogP contribution in [0.1, 0.15) is 18.2 Å². The standard InChI is InChI=1S/C15H16N2/c1-10(2)15-11(3)7-13(9-17-15)12-5-4-6-14(16)8-12/h4-9H,1,16H2,2-3H3. The van der Waals surface area contributed by atoms with Crippen LogP contribution in [0.25, 0.3) is 16.7 Å². The second kappa shape index (κ2) is 4.42. The van der Waals surface area contributed by atoms with Crippen molar-refractivity contribution in [2.45, 2.75) is 13.8 Å². The molecule has 0 aliphatic heterocycles. The smallest absolute Gasteiger partial charge is 0.0682 e. The van der Waals surface area contributed by atoms with Crippen molar-refractivity contribution in [3.8, 4) is 11.1 Å². The monoisotopic (exact) mass is 224 g/mol. The van der Waals surface area contributed by atoms with Gasteiger partial charge in [-0.05, 0) is 48.7 Å². The molecule has 0 aliphatic rings. The van der Waals surface area contributed by atoms with E-state index < -0.39 is 0 Å². The molecule has 0 bridgehead atoms. The van der Waals surface area contributed by atoms with Gasteiger partial charge in [0.1, 0.15) is 0 Å². The van der Waals surface area contributed by atoms with Gasteiger partial charge in [-0.15, -0.1) is 0 Å². The maximum Gasteiger partial charge on any atom is 0.0682 e. The van der Waals surface area contributed by atoms with Crippen LogP contribution in [0.5, 0.6) is 0 Å². The van der Waals surface area contributed by atoms with E-state index in [1.54, 1.807) is 0 Å². The maximum absolute atomic E-state index is 5.78. The fourth-order valence-corrected chi connectivity index (χ4v) is 1.90. The van der Waals surface area contributed by atoms with E-state index in [0.29, 0.717) is 0 Å². The van der Waals surface area contributed by atoms with Crippen LogP contribution in [0.15, 0.2) is 43.1 Å². The van der Waals surface area contributed by atoms with Crippen LogP contribution in [0.3, 0.4) is 0 Å². The molecule has 0 fully saturated rings. The third-order valence-electron chi connectivity index (χ3n) is 2.70. The summed E-state index contributed by atoms with van der Waals surface area (Å²) in [4.78, 5) is 4.44. The maximum atomic E-state index is 5.78. The lowest BCUT2D eigenvalue weighted by atomic mass is 10.0.